The maximum atomic E-state index is 10.4. The van der Waals surface area contributed by atoms with Crippen LogP contribution < -0.4 is 5.73 Å². The molecule has 0 aromatic rings. The molecular formula is C8H15NO2. The van der Waals surface area contributed by atoms with Crippen molar-refractivity contribution < 1.29 is 9.90 Å². The topological polar surface area (TPSA) is 63.3 Å². The predicted octanol–water partition coefficient (Wildman–Crippen LogP) is 1.00. The average Bonchev–Trinajstić information content (AvgIpc) is 1.82. The summed E-state index contributed by atoms with van der Waals surface area (Å²) in [6.45, 7) is 9.04. The first kappa shape index (κ1) is 10.2. The highest BCUT2D eigenvalue weighted by Crippen LogP contribution is 2.21. The summed E-state index contributed by atoms with van der Waals surface area (Å²) >= 11 is 0. The van der Waals surface area contributed by atoms with E-state index in [1.54, 1.807) is 0 Å². The highest BCUT2D eigenvalue weighted by molar-refractivity contribution is 5.87. The lowest BCUT2D eigenvalue weighted by atomic mass is 9.83. The fraction of sp³-hybridized carbons (Fsp3) is 0.625. The molecule has 0 saturated heterocycles. The predicted molar refractivity (Wildman–Crippen MR) is 44.2 cm³/mol. The van der Waals surface area contributed by atoms with Crippen LogP contribution in [0.25, 0.3) is 0 Å². The van der Waals surface area contributed by atoms with Gasteiger partial charge in [-0.3, -0.25) is 0 Å². The van der Waals surface area contributed by atoms with E-state index in [0.717, 1.165) is 0 Å². The van der Waals surface area contributed by atoms with Crippen LogP contribution in [0.1, 0.15) is 20.8 Å². The van der Waals surface area contributed by atoms with Crippen molar-refractivity contribution in [3.63, 3.8) is 0 Å². The zero-order valence-corrected chi connectivity index (χ0v) is 7.22. The van der Waals surface area contributed by atoms with Crippen LogP contribution in [0.15, 0.2) is 12.2 Å². The third-order valence-corrected chi connectivity index (χ3v) is 1.58. The molecule has 1 atom stereocenters. The Labute approximate surface area is 66.9 Å². The van der Waals surface area contributed by atoms with Gasteiger partial charge < -0.3 is 10.8 Å². The number of hydrogen-bond acceptors (Lipinski definition) is 2. The fourth-order valence-electron chi connectivity index (χ4n) is 0.656. The van der Waals surface area contributed by atoms with Crippen LogP contribution in [-0.4, -0.2) is 17.1 Å². The summed E-state index contributed by atoms with van der Waals surface area (Å²) in [5, 5.41) is 8.54. The van der Waals surface area contributed by atoms with E-state index < -0.39 is 12.0 Å². The molecule has 0 fully saturated rings. The summed E-state index contributed by atoms with van der Waals surface area (Å²) in [5.41, 5.74) is 5.44. The van der Waals surface area contributed by atoms with E-state index in [0.29, 0.717) is 0 Å². The van der Waals surface area contributed by atoms with Crippen LogP contribution in [0.4, 0.5) is 0 Å². The lowest BCUT2D eigenvalue weighted by Crippen LogP contribution is -2.38. The van der Waals surface area contributed by atoms with Crippen molar-refractivity contribution in [2.24, 2.45) is 11.1 Å². The molecule has 1 unspecified atom stereocenters. The number of rotatable bonds is 2. The number of nitrogens with two attached hydrogens (primary N) is 1. The minimum absolute atomic E-state index is 0.0671. The minimum atomic E-state index is -1.02. The van der Waals surface area contributed by atoms with Crippen LogP contribution in [-0.2, 0) is 4.79 Å². The molecule has 0 bridgehead atoms. The largest absolute Gasteiger partial charge is 0.478 e. The second-order valence-electron chi connectivity index (χ2n) is 3.67. The number of aliphatic carboxylic acids is 1. The van der Waals surface area contributed by atoms with Crippen LogP contribution in [0.3, 0.4) is 0 Å². The fourth-order valence-corrected chi connectivity index (χ4v) is 0.656. The summed E-state index contributed by atoms with van der Waals surface area (Å²) in [5.74, 6) is -1.02. The summed E-state index contributed by atoms with van der Waals surface area (Å²) < 4.78 is 0. The molecule has 0 amide bonds. The summed E-state index contributed by atoms with van der Waals surface area (Å²) in [4.78, 5) is 10.4. The van der Waals surface area contributed by atoms with Gasteiger partial charge in [-0.05, 0) is 5.41 Å². The third-order valence-electron chi connectivity index (χ3n) is 1.58. The zero-order chi connectivity index (χ0) is 9.23. The third kappa shape index (κ3) is 2.72. The molecule has 0 aromatic carbocycles. The quantitative estimate of drug-likeness (QED) is 0.588. The van der Waals surface area contributed by atoms with Crippen molar-refractivity contribution in [3.8, 4) is 0 Å². The van der Waals surface area contributed by atoms with Crippen molar-refractivity contribution in [3.05, 3.63) is 12.2 Å². The first-order valence-corrected chi connectivity index (χ1v) is 3.44. The Kier molecular flexibility index (Phi) is 2.82. The van der Waals surface area contributed by atoms with Gasteiger partial charge in [0.05, 0.1) is 0 Å². The van der Waals surface area contributed by atoms with Crippen LogP contribution in [0, 0.1) is 5.41 Å². The molecule has 0 aromatic heterocycles. The Hall–Kier alpha value is -0.830. The Morgan fingerprint density at radius 1 is 1.55 bits per heavy atom. The molecule has 0 aliphatic heterocycles. The van der Waals surface area contributed by atoms with E-state index in [-0.39, 0.29) is 11.0 Å². The van der Waals surface area contributed by atoms with E-state index in [1.807, 2.05) is 20.8 Å². The Morgan fingerprint density at radius 3 is 2.00 bits per heavy atom. The van der Waals surface area contributed by atoms with Gasteiger partial charge >= 0.3 is 5.97 Å². The monoisotopic (exact) mass is 157 g/mol. The zero-order valence-electron chi connectivity index (χ0n) is 7.22. The molecule has 0 aliphatic rings. The van der Waals surface area contributed by atoms with Crippen molar-refractivity contribution in [2.75, 3.05) is 0 Å². The van der Waals surface area contributed by atoms with Crippen molar-refractivity contribution in [2.45, 2.75) is 26.8 Å². The van der Waals surface area contributed by atoms with Gasteiger partial charge in [0.15, 0.2) is 0 Å². The number of hydrogen-bond donors (Lipinski definition) is 2. The molecule has 3 nitrogen and oxygen atoms in total. The van der Waals surface area contributed by atoms with E-state index in [1.165, 1.54) is 0 Å². The standard InChI is InChI=1S/C8H15NO2/c1-5(7(10)11)6(9)8(2,3)4/h6H,1,9H2,2-4H3,(H,10,11). The molecule has 3 N–H and O–H groups in total. The molecule has 0 radical (unpaired) electrons. The highest BCUT2D eigenvalue weighted by Gasteiger charge is 2.26. The van der Waals surface area contributed by atoms with Gasteiger partial charge in [-0.1, -0.05) is 27.4 Å². The van der Waals surface area contributed by atoms with Crippen molar-refractivity contribution in [1.82, 2.24) is 0 Å². The van der Waals surface area contributed by atoms with Crippen LogP contribution >= 0.6 is 0 Å². The number of carbonyl (C=O) groups is 1. The molecule has 64 valence electrons. The minimum Gasteiger partial charge on any atom is -0.478 e. The van der Waals surface area contributed by atoms with Gasteiger partial charge in [0.2, 0.25) is 0 Å². The molecule has 0 saturated carbocycles. The highest BCUT2D eigenvalue weighted by atomic mass is 16.4. The van der Waals surface area contributed by atoms with E-state index in [2.05, 4.69) is 6.58 Å². The maximum Gasteiger partial charge on any atom is 0.332 e. The number of carboxylic acid groups (broad SMARTS) is 1. The lowest BCUT2D eigenvalue weighted by molar-refractivity contribution is -0.133. The first-order chi connectivity index (χ1) is 4.76. The second-order valence-corrected chi connectivity index (χ2v) is 3.67. The van der Waals surface area contributed by atoms with Gasteiger partial charge in [0.1, 0.15) is 0 Å². The maximum absolute atomic E-state index is 10.4. The normalized spacial score (nSPS) is 14.2. The van der Waals surface area contributed by atoms with Gasteiger partial charge in [-0.25, -0.2) is 4.79 Å². The van der Waals surface area contributed by atoms with Gasteiger partial charge in [-0.2, -0.15) is 0 Å². The Balaban J connectivity index is 4.38. The molecular weight excluding hydrogens is 142 g/mol. The molecule has 11 heavy (non-hydrogen) atoms. The molecule has 0 spiro atoms. The van der Waals surface area contributed by atoms with Crippen molar-refractivity contribution >= 4 is 5.97 Å². The summed E-state index contributed by atoms with van der Waals surface area (Å²) in [7, 11) is 0. The average molecular weight is 157 g/mol. The second kappa shape index (κ2) is 3.05. The van der Waals surface area contributed by atoms with Gasteiger partial charge in [-0.15, -0.1) is 0 Å². The Bertz CT molecular complexity index is 179. The number of carboxylic acids is 1. The SMILES string of the molecule is C=C(C(=O)O)C(N)C(C)(C)C. The Morgan fingerprint density at radius 2 is 1.91 bits per heavy atom. The van der Waals surface area contributed by atoms with Gasteiger partial charge in [0, 0.05) is 11.6 Å². The summed E-state index contributed by atoms with van der Waals surface area (Å²) in [6.07, 6.45) is 0. The molecule has 0 aliphatic carbocycles. The van der Waals surface area contributed by atoms with Gasteiger partial charge in [0.25, 0.3) is 0 Å². The molecule has 3 heteroatoms. The van der Waals surface area contributed by atoms with E-state index >= 15 is 0 Å². The smallest absolute Gasteiger partial charge is 0.332 e. The van der Waals surface area contributed by atoms with Crippen molar-refractivity contribution in [1.29, 1.82) is 0 Å². The van der Waals surface area contributed by atoms with Crippen LogP contribution in [0.2, 0.25) is 0 Å². The van der Waals surface area contributed by atoms with Crippen LogP contribution in [0.5, 0.6) is 0 Å². The van der Waals surface area contributed by atoms with E-state index in [4.69, 9.17) is 10.8 Å². The summed E-state index contributed by atoms with van der Waals surface area (Å²) in [6, 6.07) is -0.486. The lowest BCUT2D eigenvalue weighted by Gasteiger charge is -2.26. The molecule has 0 heterocycles. The molecule has 0 rings (SSSR count). The van der Waals surface area contributed by atoms with E-state index in [9.17, 15) is 4.79 Å². The first-order valence-electron chi connectivity index (χ1n) is 3.44.